The van der Waals surface area contributed by atoms with Gasteiger partial charge in [-0.05, 0) is 42.0 Å². The fourth-order valence-corrected chi connectivity index (χ4v) is 2.11. The first-order valence-corrected chi connectivity index (χ1v) is 6.85. The minimum absolute atomic E-state index is 0.415. The van der Waals surface area contributed by atoms with E-state index in [-0.39, 0.29) is 0 Å². The van der Waals surface area contributed by atoms with Crippen molar-refractivity contribution in [2.75, 3.05) is 5.73 Å². The van der Waals surface area contributed by atoms with E-state index in [9.17, 15) is 0 Å². The standard InChI is InChI=1S/C17H13ClN2O/c18-13-8-6-12(7-9-13)15-10-11-16(19)20-17(15)21-14-4-2-1-3-5-14/h1-11H,(H2,19,20). The molecular weight excluding hydrogens is 284 g/mol. The predicted molar refractivity (Wildman–Crippen MR) is 85.6 cm³/mol. The van der Waals surface area contributed by atoms with Crippen molar-refractivity contribution in [1.82, 2.24) is 4.98 Å². The second-order valence-corrected chi connectivity index (χ2v) is 4.95. The van der Waals surface area contributed by atoms with Gasteiger partial charge in [0.2, 0.25) is 5.88 Å². The van der Waals surface area contributed by atoms with Crippen LogP contribution < -0.4 is 10.5 Å². The molecule has 0 fully saturated rings. The highest BCUT2D eigenvalue weighted by Crippen LogP contribution is 2.32. The SMILES string of the molecule is Nc1ccc(-c2ccc(Cl)cc2)c(Oc2ccccc2)n1. The molecule has 3 rings (SSSR count). The molecule has 0 bridgehead atoms. The number of nitrogens with two attached hydrogens (primary N) is 1. The first kappa shape index (κ1) is 13.5. The maximum absolute atomic E-state index is 5.93. The van der Waals surface area contributed by atoms with E-state index < -0.39 is 0 Å². The molecule has 0 spiro atoms. The van der Waals surface area contributed by atoms with Crippen molar-refractivity contribution in [2.24, 2.45) is 0 Å². The fraction of sp³-hybridized carbons (Fsp3) is 0. The van der Waals surface area contributed by atoms with Crippen LogP contribution in [0.3, 0.4) is 0 Å². The number of halogens is 1. The Hall–Kier alpha value is -2.52. The number of aromatic nitrogens is 1. The third-order valence-electron chi connectivity index (χ3n) is 2.99. The molecule has 3 nitrogen and oxygen atoms in total. The van der Waals surface area contributed by atoms with E-state index in [0.29, 0.717) is 22.5 Å². The number of rotatable bonds is 3. The quantitative estimate of drug-likeness (QED) is 0.757. The summed E-state index contributed by atoms with van der Waals surface area (Å²) in [5.41, 5.74) is 7.61. The van der Waals surface area contributed by atoms with Crippen molar-refractivity contribution in [1.29, 1.82) is 0 Å². The topological polar surface area (TPSA) is 48.1 Å². The van der Waals surface area contributed by atoms with Crippen LogP contribution in [-0.4, -0.2) is 4.98 Å². The van der Waals surface area contributed by atoms with Crippen LogP contribution in [0.25, 0.3) is 11.1 Å². The van der Waals surface area contributed by atoms with E-state index >= 15 is 0 Å². The van der Waals surface area contributed by atoms with E-state index in [4.69, 9.17) is 22.1 Å². The summed E-state index contributed by atoms with van der Waals surface area (Å²) in [4.78, 5) is 4.29. The zero-order valence-corrected chi connectivity index (χ0v) is 11.9. The van der Waals surface area contributed by atoms with Gasteiger partial charge in [0.1, 0.15) is 11.6 Å². The third kappa shape index (κ3) is 3.15. The Balaban J connectivity index is 2.03. The van der Waals surface area contributed by atoms with Crippen LogP contribution in [0, 0.1) is 0 Å². The molecule has 0 saturated heterocycles. The Morgan fingerprint density at radius 2 is 1.57 bits per heavy atom. The van der Waals surface area contributed by atoms with Crippen molar-refractivity contribution in [3.05, 3.63) is 71.8 Å². The van der Waals surface area contributed by atoms with Crippen molar-refractivity contribution in [3.8, 4) is 22.8 Å². The normalized spacial score (nSPS) is 10.3. The van der Waals surface area contributed by atoms with Crippen LogP contribution in [0.5, 0.6) is 11.6 Å². The number of nitrogen functional groups attached to an aromatic ring is 1. The lowest BCUT2D eigenvalue weighted by molar-refractivity contribution is 0.466. The lowest BCUT2D eigenvalue weighted by atomic mass is 10.1. The molecule has 0 saturated carbocycles. The summed E-state index contributed by atoms with van der Waals surface area (Å²) >= 11 is 5.93. The molecular formula is C17H13ClN2O. The molecule has 1 aromatic heterocycles. The molecule has 0 unspecified atom stereocenters. The van der Waals surface area contributed by atoms with Crippen molar-refractivity contribution in [2.45, 2.75) is 0 Å². The van der Waals surface area contributed by atoms with Gasteiger partial charge in [0.05, 0.1) is 0 Å². The summed E-state index contributed by atoms with van der Waals surface area (Å²) < 4.78 is 5.85. The van der Waals surface area contributed by atoms with Gasteiger partial charge in [-0.2, -0.15) is 4.98 Å². The molecule has 4 heteroatoms. The molecule has 0 aliphatic rings. The van der Waals surface area contributed by atoms with Crippen molar-refractivity contribution >= 4 is 17.4 Å². The van der Waals surface area contributed by atoms with Crippen LogP contribution in [-0.2, 0) is 0 Å². The maximum atomic E-state index is 5.93. The lowest BCUT2D eigenvalue weighted by Gasteiger charge is -2.11. The predicted octanol–water partition coefficient (Wildman–Crippen LogP) is 4.78. The minimum atomic E-state index is 0.415. The van der Waals surface area contributed by atoms with Gasteiger partial charge in [-0.15, -0.1) is 0 Å². The van der Waals surface area contributed by atoms with Gasteiger partial charge in [-0.1, -0.05) is 41.9 Å². The third-order valence-corrected chi connectivity index (χ3v) is 3.25. The van der Waals surface area contributed by atoms with E-state index in [2.05, 4.69) is 4.98 Å². The highest BCUT2D eigenvalue weighted by molar-refractivity contribution is 6.30. The fourth-order valence-electron chi connectivity index (χ4n) is 1.98. The number of pyridine rings is 1. The van der Waals surface area contributed by atoms with Crippen LogP contribution in [0.2, 0.25) is 5.02 Å². The number of hydrogen-bond donors (Lipinski definition) is 1. The maximum Gasteiger partial charge on any atom is 0.229 e. The van der Waals surface area contributed by atoms with E-state index in [0.717, 1.165) is 11.1 Å². The molecule has 0 aliphatic heterocycles. The van der Waals surface area contributed by atoms with E-state index in [1.54, 1.807) is 6.07 Å². The Morgan fingerprint density at radius 1 is 0.857 bits per heavy atom. The molecule has 0 aliphatic carbocycles. The summed E-state index contributed by atoms with van der Waals surface area (Å²) in [5.74, 6) is 1.60. The zero-order valence-electron chi connectivity index (χ0n) is 11.2. The van der Waals surface area contributed by atoms with Crippen LogP contribution >= 0.6 is 11.6 Å². The molecule has 0 amide bonds. The molecule has 2 N–H and O–H groups in total. The van der Waals surface area contributed by atoms with Gasteiger partial charge in [0.15, 0.2) is 0 Å². The monoisotopic (exact) mass is 296 g/mol. The van der Waals surface area contributed by atoms with Crippen molar-refractivity contribution < 1.29 is 4.74 Å². The molecule has 21 heavy (non-hydrogen) atoms. The zero-order chi connectivity index (χ0) is 14.7. The van der Waals surface area contributed by atoms with Gasteiger partial charge in [0.25, 0.3) is 0 Å². The molecule has 3 aromatic rings. The molecule has 104 valence electrons. The Kier molecular flexibility index (Phi) is 3.75. The van der Waals surface area contributed by atoms with E-state index in [1.165, 1.54) is 0 Å². The first-order valence-electron chi connectivity index (χ1n) is 6.48. The molecule has 0 radical (unpaired) electrons. The Bertz CT molecular complexity index is 742. The van der Waals surface area contributed by atoms with Crippen LogP contribution in [0.4, 0.5) is 5.82 Å². The number of anilines is 1. The number of ether oxygens (including phenoxy) is 1. The van der Waals surface area contributed by atoms with Crippen molar-refractivity contribution in [3.63, 3.8) is 0 Å². The Morgan fingerprint density at radius 3 is 2.29 bits per heavy atom. The summed E-state index contributed by atoms with van der Waals surface area (Å²) in [6.45, 7) is 0. The molecule has 0 atom stereocenters. The average molecular weight is 297 g/mol. The summed E-state index contributed by atoms with van der Waals surface area (Å²) in [5, 5.41) is 0.688. The Labute approximate surface area is 128 Å². The van der Waals surface area contributed by atoms with Crippen LogP contribution in [0.1, 0.15) is 0 Å². The smallest absolute Gasteiger partial charge is 0.229 e. The number of benzene rings is 2. The molecule has 2 aromatic carbocycles. The molecule has 1 heterocycles. The van der Waals surface area contributed by atoms with Gasteiger partial charge in [0, 0.05) is 10.6 Å². The summed E-state index contributed by atoms with van der Waals surface area (Å²) in [6.07, 6.45) is 0. The van der Waals surface area contributed by atoms with Gasteiger partial charge in [-0.25, -0.2) is 0 Å². The number of para-hydroxylation sites is 1. The van der Waals surface area contributed by atoms with Crippen LogP contribution in [0.15, 0.2) is 66.7 Å². The number of nitrogens with zero attached hydrogens (tertiary/aromatic N) is 1. The summed E-state index contributed by atoms with van der Waals surface area (Å²) in [7, 11) is 0. The largest absolute Gasteiger partial charge is 0.438 e. The van der Waals surface area contributed by atoms with Gasteiger partial charge < -0.3 is 10.5 Å². The van der Waals surface area contributed by atoms with E-state index in [1.807, 2.05) is 60.7 Å². The highest BCUT2D eigenvalue weighted by atomic mass is 35.5. The average Bonchev–Trinajstić information content (AvgIpc) is 2.50. The van der Waals surface area contributed by atoms with Gasteiger partial charge >= 0.3 is 0 Å². The second-order valence-electron chi connectivity index (χ2n) is 4.51. The first-order chi connectivity index (χ1) is 10.2. The summed E-state index contributed by atoms with van der Waals surface area (Å²) in [6, 6.07) is 20.6. The van der Waals surface area contributed by atoms with Gasteiger partial charge in [-0.3, -0.25) is 0 Å². The highest BCUT2D eigenvalue weighted by Gasteiger charge is 2.10. The number of hydrogen-bond acceptors (Lipinski definition) is 3. The lowest BCUT2D eigenvalue weighted by Crippen LogP contribution is -1.96. The second kappa shape index (κ2) is 5.85. The minimum Gasteiger partial charge on any atom is -0.438 e.